The van der Waals surface area contributed by atoms with Gasteiger partial charge in [-0.3, -0.25) is 0 Å². The van der Waals surface area contributed by atoms with Gasteiger partial charge in [-0.05, 0) is 38.9 Å². The zero-order valence-corrected chi connectivity index (χ0v) is 10.9. The first kappa shape index (κ1) is 14.1. The fourth-order valence-electron chi connectivity index (χ4n) is 1.87. The molecule has 17 heavy (non-hydrogen) atoms. The van der Waals surface area contributed by atoms with Gasteiger partial charge < -0.3 is 10.1 Å². The highest BCUT2D eigenvalue weighted by molar-refractivity contribution is 5.22. The monoisotopic (exact) mass is 239 g/mol. The summed E-state index contributed by atoms with van der Waals surface area (Å²) in [6, 6.07) is 6.97. The normalized spacial score (nSPS) is 13.0. The van der Waals surface area contributed by atoms with Gasteiger partial charge in [0.05, 0.1) is 6.10 Å². The Morgan fingerprint density at radius 2 is 2.00 bits per heavy atom. The highest BCUT2D eigenvalue weighted by atomic mass is 19.1. The number of benzene rings is 1. The van der Waals surface area contributed by atoms with Crippen molar-refractivity contribution in [1.29, 1.82) is 0 Å². The molecule has 0 heterocycles. The molecule has 3 heteroatoms. The van der Waals surface area contributed by atoms with Crippen LogP contribution in [0.1, 0.15) is 31.7 Å². The quantitative estimate of drug-likeness (QED) is 0.790. The van der Waals surface area contributed by atoms with Gasteiger partial charge in [0.15, 0.2) is 0 Å². The molecule has 1 rings (SSSR count). The van der Waals surface area contributed by atoms with E-state index in [0.717, 1.165) is 18.5 Å². The van der Waals surface area contributed by atoms with Gasteiger partial charge in [0.2, 0.25) is 0 Å². The Hall–Kier alpha value is -0.930. The standard InChI is InChI=1S/C14H22FNO/c1-11(2)17-9-8-12(10-16-3)13-6-4-5-7-14(13)15/h4-7,11-12,16H,8-10H2,1-3H3. The summed E-state index contributed by atoms with van der Waals surface area (Å²) in [4.78, 5) is 0. The minimum Gasteiger partial charge on any atom is -0.379 e. The van der Waals surface area contributed by atoms with Crippen LogP contribution in [0.15, 0.2) is 24.3 Å². The van der Waals surface area contributed by atoms with Gasteiger partial charge in [0.25, 0.3) is 0 Å². The van der Waals surface area contributed by atoms with E-state index >= 15 is 0 Å². The van der Waals surface area contributed by atoms with E-state index in [1.54, 1.807) is 6.07 Å². The van der Waals surface area contributed by atoms with Crippen LogP contribution < -0.4 is 5.32 Å². The van der Waals surface area contributed by atoms with Gasteiger partial charge in [-0.15, -0.1) is 0 Å². The predicted molar refractivity (Wildman–Crippen MR) is 68.8 cm³/mol. The minimum atomic E-state index is -0.128. The smallest absolute Gasteiger partial charge is 0.126 e. The largest absolute Gasteiger partial charge is 0.379 e. The fourth-order valence-corrected chi connectivity index (χ4v) is 1.87. The summed E-state index contributed by atoms with van der Waals surface area (Å²) in [7, 11) is 1.89. The lowest BCUT2D eigenvalue weighted by atomic mass is 9.95. The van der Waals surface area contributed by atoms with Crippen molar-refractivity contribution in [1.82, 2.24) is 5.32 Å². The molecule has 0 spiro atoms. The summed E-state index contributed by atoms with van der Waals surface area (Å²) in [5.74, 6) is 0.0391. The Kier molecular flexibility index (Phi) is 6.16. The number of nitrogens with one attached hydrogen (secondary N) is 1. The van der Waals surface area contributed by atoms with Crippen LogP contribution in [0.5, 0.6) is 0 Å². The Bertz CT molecular complexity index is 328. The fraction of sp³-hybridized carbons (Fsp3) is 0.571. The van der Waals surface area contributed by atoms with Gasteiger partial charge in [0, 0.05) is 19.1 Å². The van der Waals surface area contributed by atoms with Crippen molar-refractivity contribution in [3.05, 3.63) is 35.6 Å². The molecular weight excluding hydrogens is 217 g/mol. The van der Waals surface area contributed by atoms with E-state index < -0.39 is 0 Å². The average molecular weight is 239 g/mol. The number of hydrogen-bond donors (Lipinski definition) is 1. The molecule has 0 bridgehead atoms. The summed E-state index contributed by atoms with van der Waals surface area (Å²) < 4.78 is 19.2. The summed E-state index contributed by atoms with van der Waals surface area (Å²) in [6.07, 6.45) is 1.06. The number of halogens is 1. The van der Waals surface area contributed by atoms with Crippen molar-refractivity contribution in [3.63, 3.8) is 0 Å². The molecule has 0 aliphatic rings. The molecule has 0 fully saturated rings. The molecule has 1 aromatic carbocycles. The van der Waals surface area contributed by atoms with Gasteiger partial charge in [-0.1, -0.05) is 18.2 Å². The van der Waals surface area contributed by atoms with Crippen LogP contribution in [0, 0.1) is 5.82 Å². The lowest BCUT2D eigenvalue weighted by Crippen LogP contribution is -2.20. The first-order valence-corrected chi connectivity index (χ1v) is 6.15. The number of ether oxygens (including phenoxy) is 1. The van der Waals surface area contributed by atoms with Gasteiger partial charge in [-0.2, -0.15) is 0 Å². The van der Waals surface area contributed by atoms with Crippen molar-refractivity contribution in [2.45, 2.75) is 32.3 Å². The second kappa shape index (κ2) is 7.41. The third-order valence-electron chi connectivity index (χ3n) is 2.71. The van der Waals surface area contributed by atoms with Crippen molar-refractivity contribution < 1.29 is 9.13 Å². The predicted octanol–water partition coefficient (Wildman–Crippen LogP) is 2.94. The van der Waals surface area contributed by atoms with Crippen LogP contribution in [-0.4, -0.2) is 26.3 Å². The number of likely N-dealkylation sites (N-methyl/N-ethyl adjacent to an activating group) is 1. The highest BCUT2D eigenvalue weighted by Gasteiger charge is 2.14. The molecule has 0 aromatic heterocycles. The van der Waals surface area contributed by atoms with Crippen LogP contribution in [0.4, 0.5) is 4.39 Å². The summed E-state index contributed by atoms with van der Waals surface area (Å²) in [5.41, 5.74) is 0.772. The molecule has 1 aromatic rings. The van der Waals surface area contributed by atoms with Crippen LogP contribution in [0.25, 0.3) is 0 Å². The first-order valence-electron chi connectivity index (χ1n) is 6.15. The van der Waals surface area contributed by atoms with Gasteiger partial charge in [-0.25, -0.2) is 4.39 Å². The molecule has 0 aliphatic heterocycles. The van der Waals surface area contributed by atoms with E-state index in [4.69, 9.17) is 4.74 Å². The maximum absolute atomic E-state index is 13.7. The lowest BCUT2D eigenvalue weighted by molar-refractivity contribution is 0.0732. The maximum Gasteiger partial charge on any atom is 0.126 e. The molecule has 2 nitrogen and oxygen atoms in total. The Morgan fingerprint density at radius 1 is 1.29 bits per heavy atom. The van der Waals surface area contributed by atoms with Crippen molar-refractivity contribution in [3.8, 4) is 0 Å². The van der Waals surface area contributed by atoms with Crippen molar-refractivity contribution in [2.75, 3.05) is 20.2 Å². The molecule has 1 atom stereocenters. The van der Waals surface area contributed by atoms with Crippen molar-refractivity contribution >= 4 is 0 Å². The van der Waals surface area contributed by atoms with E-state index in [9.17, 15) is 4.39 Å². The van der Waals surface area contributed by atoms with Gasteiger partial charge >= 0.3 is 0 Å². The molecule has 96 valence electrons. The summed E-state index contributed by atoms with van der Waals surface area (Å²) in [6.45, 7) is 5.45. The second-order valence-electron chi connectivity index (χ2n) is 4.48. The van der Waals surface area contributed by atoms with E-state index in [1.807, 2.05) is 33.0 Å². The average Bonchev–Trinajstić information content (AvgIpc) is 2.28. The molecule has 1 N–H and O–H groups in total. The zero-order chi connectivity index (χ0) is 12.7. The highest BCUT2D eigenvalue weighted by Crippen LogP contribution is 2.22. The topological polar surface area (TPSA) is 21.3 Å². The van der Waals surface area contributed by atoms with E-state index in [2.05, 4.69) is 5.32 Å². The van der Waals surface area contributed by atoms with Crippen molar-refractivity contribution in [2.24, 2.45) is 0 Å². The van der Waals surface area contributed by atoms with E-state index in [1.165, 1.54) is 6.07 Å². The van der Waals surface area contributed by atoms with E-state index in [-0.39, 0.29) is 17.8 Å². The van der Waals surface area contributed by atoms with Gasteiger partial charge in [0.1, 0.15) is 5.82 Å². The third kappa shape index (κ3) is 4.84. The third-order valence-corrected chi connectivity index (χ3v) is 2.71. The van der Waals surface area contributed by atoms with E-state index in [0.29, 0.717) is 6.61 Å². The summed E-state index contributed by atoms with van der Waals surface area (Å²) >= 11 is 0. The molecule has 0 saturated carbocycles. The zero-order valence-electron chi connectivity index (χ0n) is 10.9. The molecule has 0 saturated heterocycles. The molecule has 0 aliphatic carbocycles. The Balaban J connectivity index is 2.62. The van der Waals surface area contributed by atoms with Crippen LogP contribution in [0.3, 0.4) is 0 Å². The maximum atomic E-state index is 13.7. The number of rotatable bonds is 7. The lowest BCUT2D eigenvalue weighted by Gasteiger charge is -2.18. The minimum absolute atomic E-state index is 0.128. The van der Waals surface area contributed by atoms with Crippen LogP contribution in [0.2, 0.25) is 0 Å². The molecular formula is C14H22FNO. The molecule has 0 amide bonds. The Morgan fingerprint density at radius 3 is 2.59 bits per heavy atom. The molecule has 1 unspecified atom stereocenters. The summed E-state index contributed by atoms with van der Waals surface area (Å²) in [5, 5.41) is 3.11. The second-order valence-corrected chi connectivity index (χ2v) is 4.48. The SMILES string of the molecule is CNCC(CCOC(C)C)c1ccccc1F. The van der Waals surface area contributed by atoms with Crippen LogP contribution in [-0.2, 0) is 4.74 Å². The Labute approximate surface area is 103 Å². The molecule has 0 radical (unpaired) electrons. The first-order chi connectivity index (χ1) is 8.15. The number of hydrogen-bond acceptors (Lipinski definition) is 2. The van der Waals surface area contributed by atoms with Crippen LogP contribution >= 0.6 is 0 Å².